The van der Waals surface area contributed by atoms with Crippen molar-refractivity contribution in [2.24, 2.45) is 5.73 Å². The normalized spacial score (nSPS) is 10.2. The highest BCUT2D eigenvalue weighted by Gasteiger charge is 2.11. The minimum absolute atomic E-state index is 0.125. The predicted molar refractivity (Wildman–Crippen MR) is 83.8 cm³/mol. The van der Waals surface area contributed by atoms with Gasteiger partial charge < -0.3 is 16.8 Å². The van der Waals surface area contributed by atoms with Gasteiger partial charge in [0, 0.05) is 22.0 Å². The maximum Gasteiger partial charge on any atom is 0.255 e. The third-order valence-electron chi connectivity index (χ3n) is 2.67. The quantitative estimate of drug-likeness (QED) is 0.757. The van der Waals surface area contributed by atoms with Crippen molar-refractivity contribution in [1.29, 1.82) is 0 Å². The zero-order valence-electron chi connectivity index (χ0n) is 10.7. The highest BCUT2D eigenvalue weighted by Crippen LogP contribution is 2.22. The average molecular weight is 324 g/mol. The number of carbonyl (C=O) groups is 2. The van der Waals surface area contributed by atoms with Crippen LogP contribution < -0.4 is 16.8 Å². The van der Waals surface area contributed by atoms with E-state index in [1.54, 1.807) is 6.07 Å². The number of halogens is 2. The fraction of sp³-hybridized carbons (Fsp3) is 0. The van der Waals surface area contributed by atoms with Gasteiger partial charge in [0.25, 0.3) is 5.91 Å². The molecule has 0 atom stereocenters. The van der Waals surface area contributed by atoms with Gasteiger partial charge in [-0.2, -0.15) is 0 Å². The summed E-state index contributed by atoms with van der Waals surface area (Å²) in [6.45, 7) is 0. The molecule has 2 aromatic rings. The maximum absolute atomic E-state index is 12.1. The number of rotatable bonds is 3. The summed E-state index contributed by atoms with van der Waals surface area (Å²) >= 11 is 11.7. The molecule has 0 spiro atoms. The second-order valence-electron chi connectivity index (χ2n) is 4.29. The first-order chi connectivity index (χ1) is 9.86. The van der Waals surface area contributed by atoms with Crippen LogP contribution in [0.4, 0.5) is 11.4 Å². The van der Waals surface area contributed by atoms with Gasteiger partial charge in [0.15, 0.2) is 0 Å². The first-order valence-electron chi connectivity index (χ1n) is 5.83. The Morgan fingerprint density at radius 1 is 1.05 bits per heavy atom. The van der Waals surface area contributed by atoms with Crippen LogP contribution in [-0.2, 0) is 0 Å². The second-order valence-corrected chi connectivity index (χ2v) is 5.13. The fourth-order valence-corrected chi connectivity index (χ4v) is 2.19. The molecule has 2 amide bonds. The molecule has 0 aliphatic rings. The summed E-state index contributed by atoms with van der Waals surface area (Å²) in [4.78, 5) is 23.3. The van der Waals surface area contributed by atoms with Gasteiger partial charge in [0.2, 0.25) is 5.91 Å². The van der Waals surface area contributed by atoms with Crippen LogP contribution >= 0.6 is 23.2 Å². The van der Waals surface area contributed by atoms with Crippen molar-refractivity contribution in [3.05, 3.63) is 57.6 Å². The average Bonchev–Trinajstić information content (AvgIpc) is 2.39. The first kappa shape index (κ1) is 15.2. The van der Waals surface area contributed by atoms with Crippen LogP contribution in [0.5, 0.6) is 0 Å². The summed E-state index contributed by atoms with van der Waals surface area (Å²) in [6.07, 6.45) is 0. The summed E-state index contributed by atoms with van der Waals surface area (Å²) in [7, 11) is 0. The summed E-state index contributed by atoms with van der Waals surface area (Å²) in [5.74, 6) is -1.09. The Labute approximate surface area is 130 Å². The molecule has 0 aromatic heterocycles. The Balaban J connectivity index is 2.27. The van der Waals surface area contributed by atoms with Gasteiger partial charge in [-0.25, -0.2) is 0 Å². The van der Waals surface area contributed by atoms with E-state index in [1.165, 1.54) is 30.3 Å². The molecule has 0 aliphatic carbocycles. The molecular weight excluding hydrogens is 313 g/mol. The molecule has 0 radical (unpaired) electrons. The number of nitrogen functional groups attached to an aromatic ring is 1. The van der Waals surface area contributed by atoms with Crippen molar-refractivity contribution in [2.45, 2.75) is 0 Å². The Bertz CT molecular complexity index is 712. The maximum atomic E-state index is 12.1. The topological polar surface area (TPSA) is 98.2 Å². The van der Waals surface area contributed by atoms with Crippen LogP contribution in [0.25, 0.3) is 0 Å². The number of nitrogens with one attached hydrogen (secondary N) is 1. The van der Waals surface area contributed by atoms with E-state index in [9.17, 15) is 9.59 Å². The van der Waals surface area contributed by atoms with Gasteiger partial charge in [-0.3, -0.25) is 9.59 Å². The molecule has 0 unspecified atom stereocenters. The lowest BCUT2D eigenvalue weighted by molar-refractivity contribution is 0.0996. The lowest BCUT2D eigenvalue weighted by atomic mass is 10.1. The van der Waals surface area contributed by atoms with E-state index in [0.717, 1.165) is 0 Å². The molecule has 5 nitrogen and oxygen atoms in total. The third-order valence-corrected chi connectivity index (χ3v) is 3.22. The molecule has 0 fully saturated rings. The smallest absolute Gasteiger partial charge is 0.255 e. The number of primary amides is 1. The molecule has 2 rings (SSSR count). The highest BCUT2D eigenvalue weighted by atomic mass is 35.5. The zero-order chi connectivity index (χ0) is 15.6. The van der Waals surface area contributed by atoms with Crippen molar-refractivity contribution in [1.82, 2.24) is 0 Å². The van der Waals surface area contributed by atoms with Crippen LogP contribution in [0.1, 0.15) is 20.7 Å². The molecule has 0 saturated heterocycles. The minimum atomic E-state index is -0.678. The summed E-state index contributed by atoms with van der Waals surface area (Å²) in [6, 6.07) is 8.94. The number of anilines is 2. The van der Waals surface area contributed by atoms with Gasteiger partial charge in [0.1, 0.15) is 0 Å². The van der Waals surface area contributed by atoms with E-state index in [4.69, 9.17) is 34.7 Å². The van der Waals surface area contributed by atoms with Crippen molar-refractivity contribution < 1.29 is 9.59 Å². The summed E-state index contributed by atoms with van der Waals surface area (Å²) in [5.41, 5.74) is 12.0. The molecule has 0 saturated carbocycles. The van der Waals surface area contributed by atoms with E-state index in [2.05, 4.69) is 5.32 Å². The SMILES string of the molecule is NC(=O)c1cc(NC(=O)c2cc(N)cc(Cl)c2)ccc1Cl. The van der Waals surface area contributed by atoms with Crippen LogP contribution in [0.2, 0.25) is 10.0 Å². The Morgan fingerprint density at radius 2 is 1.76 bits per heavy atom. The molecule has 2 aromatic carbocycles. The summed E-state index contributed by atoms with van der Waals surface area (Å²) < 4.78 is 0. The molecule has 21 heavy (non-hydrogen) atoms. The fourth-order valence-electron chi connectivity index (χ4n) is 1.74. The molecule has 7 heteroatoms. The second kappa shape index (κ2) is 6.03. The van der Waals surface area contributed by atoms with Crippen molar-refractivity contribution in [3.63, 3.8) is 0 Å². The number of carbonyl (C=O) groups excluding carboxylic acids is 2. The predicted octanol–water partition coefficient (Wildman–Crippen LogP) is 2.93. The molecule has 0 heterocycles. The lowest BCUT2D eigenvalue weighted by Gasteiger charge is -2.08. The number of hydrogen-bond donors (Lipinski definition) is 3. The lowest BCUT2D eigenvalue weighted by Crippen LogP contribution is -2.15. The van der Waals surface area contributed by atoms with E-state index in [1.807, 2.05) is 0 Å². The van der Waals surface area contributed by atoms with Crippen LogP contribution in [0.15, 0.2) is 36.4 Å². The number of amides is 2. The Hall–Kier alpha value is -2.24. The minimum Gasteiger partial charge on any atom is -0.399 e. The van der Waals surface area contributed by atoms with Gasteiger partial charge in [-0.05, 0) is 36.4 Å². The van der Waals surface area contributed by atoms with Crippen molar-refractivity contribution >= 4 is 46.4 Å². The Morgan fingerprint density at radius 3 is 2.38 bits per heavy atom. The van der Waals surface area contributed by atoms with Gasteiger partial charge >= 0.3 is 0 Å². The highest BCUT2D eigenvalue weighted by molar-refractivity contribution is 6.34. The summed E-state index contributed by atoms with van der Waals surface area (Å²) in [5, 5.41) is 3.19. The van der Waals surface area contributed by atoms with Gasteiger partial charge in [-0.15, -0.1) is 0 Å². The van der Waals surface area contributed by atoms with Crippen molar-refractivity contribution in [3.8, 4) is 0 Å². The number of hydrogen-bond acceptors (Lipinski definition) is 3. The molecular formula is C14H11Cl2N3O2. The standard InChI is InChI=1S/C14H11Cl2N3O2/c15-8-3-7(4-9(17)5-8)14(21)19-10-1-2-12(16)11(6-10)13(18)20/h1-6H,17H2,(H2,18,20)(H,19,21). The largest absolute Gasteiger partial charge is 0.399 e. The third kappa shape index (κ3) is 3.65. The van der Waals surface area contributed by atoms with Crippen molar-refractivity contribution in [2.75, 3.05) is 11.1 Å². The van der Waals surface area contributed by atoms with Gasteiger partial charge in [0.05, 0.1) is 10.6 Å². The molecule has 5 N–H and O–H groups in total. The number of nitrogens with two attached hydrogens (primary N) is 2. The molecule has 0 bridgehead atoms. The van der Waals surface area contributed by atoms with Crippen LogP contribution in [0.3, 0.4) is 0 Å². The number of benzene rings is 2. The molecule has 0 aliphatic heterocycles. The van der Waals surface area contributed by atoms with E-state index >= 15 is 0 Å². The zero-order valence-corrected chi connectivity index (χ0v) is 12.2. The Kier molecular flexibility index (Phi) is 4.35. The van der Waals surface area contributed by atoms with E-state index < -0.39 is 11.8 Å². The van der Waals surface area contributed by atoms with Gasteiger partial charge in [-0.1, -0.05) is 23.2 Å². The molecule has 108 valence electrons. The van der Waals surface area contributed by atoms with E-state index in [0.29, 0.717) is 22.0 Å². The van der Waals surface area contributed by atoms with Crippen LogP contribution in [0, 0.1) is 0 Å². The first-order valence-corrected chi connectivity index (χ1v) is 6.59. The monoisotopic (exact) mass is 323 g/mol. The van der Waals surface area contributed by atoms with Crippen LogP contribution in [-0.4, -0.2) is 11.8 Å². The van der Waals surface area contributed by atoms with E-state index in [-0.39, 0.29) is 10.6 Å².